The summed E-state index contributed by atoms with van der Waals surface area (Å²) in [6.07, 6.45) is 4.21. The summed E-state index contributed by atoms with van der Waals surface area (Å²) >= 11 is 0. The Bertz CT molecular complexity index is 757. The van der Waals surface area contributed by atoms with E-state index in [4.69, 9.17) is 5.11 Å². The third kappa shape index (κ3) is 3.61. The summed E-state index contributed by atoms with van der Waals surface area (Å²) in [7, 11) is -3.80. The number of aromatic carboxylic acids is 1. The standard InChI is InChI=1S/C13H13N3O4S/c1-9-4-5-14-6-11(9)8-16-21(19,20)12-3-2-10(7-15-12)13(17)18/h2-7,16H,8H2,1H3,(H,17,18). The van der Waals surface area contributed by atoms with Crippen LogP contribution in [0.15, 0.2) is 41.8 Å². The molecule has 0 bridgehead atoms. The minimum atomic E-state index is -3.80. The Balaban J connectivity index is 2.15. The van der Waals surface area contributed by atoms with Crippen LogP contribution in [0.2, 0.25) is 0 Å². The minimum absolute atomic E-state index is 0.0722. The lowest BCUT2D eigenvalue weighted by Gasteiger charge is -2.08. The van der Waals surface area contributed by atoms with Gasteiger partial charge in [-0.2, -0.15) is 0 Å². The van der Waals surface area contributed by atoms with Gasteiger partial charge >= 0.3 is 5.97 Å². The zero-order valence-electron chi connectivity index (χ0n) is 11.1. The van der Waals surface area contributed by atoms with E-state index < -0.39 is 16.0 Å². The van der Waals surface area contributed by atoms with Gasteiger partial charge in [-0.1, -0.05) is 0 Å². The van der Waals surface area contributed by atoms with Crippen LogP contribution in [-0.2, 0) is 16.6 Å². The molecule has 0 aliphatic carbocycles. The van der Waals surface area contributed by atoms with Crippen LogP contribution in [0.1, 0.15) is 21.5 Å². The molecule has 0 atom stereocenters. The van der Waals surface area contributed by atoms with E-state index in [-0.39, 0.29) is 17.1 Å². The number of hydrogen-bond acceptors (Lipinski definition) is 5. The third-order valence-corrected chi connectivity index (χ3v) is 4.18. The highest BCUT2D eigenvalue weighted by atomic mass is 32.2. The van der Waals surface area contributed by atoms with Crippen molar-refractivity contribution in [3.63, 3.8) is 0 Å². The number of aryl methyl sites for hydroxylation is 1. The van der Waals surface area contributed by atoms with E-state index in [1.54, 1.807) is 18.5 Å². The molecule has 0 saturated carbocycles. The lowest BCUT2D eigenvalue weighted by molar-refractivity contribution is 0.0696. The lowest BCUT2D eigenvalue weighted by Crippen LogP contribution is -2.24. The van der Waals surface area contributed by atoms with E-state index in [9.17, 15) is 13.2 Å². The smallest absolute Gasteiger partial charge is 0.337 e. The molecule has 2 heterocycles. The molecule has 8 heteroatoms. The number of rotatable bonds is 5. The van der Waals surface area contributed by atoms with E-state index in [0.717, 1.165) is 23.4 Å². The molecule has 0 saturated heterocycles. The molecule has 0 amide bonds. The molecular formula is C13H13N3O4S. The predicted octanol–water partition coefficient (Wildman–Crippen LogP) is 0.962. The number of carbonyl (C=O) groups is 1. The summed E-state index contributed by atoms with van der Waals surface area (Å²) in [6, 6.07) is 4.13. The molecule has 0 fully saturated rings. The first-order valence-electron chi connectivity index (χ1n) is 5.98. The van der Waals surface area contributed by atoms with Crippen LogP contribution >= 0.6 is 0 Å². The van der Waals surface area contributed by atoms with Gasteiger partial charge in [0.05, 0.1) is 5.56 Å². The molecule has 0 aliphatic heterocycles. The van der Waals surface area contributed by atoms with Crippen LogP contribution in [-0.4, -0.2) is 29.5 Å². The van der Waals surface area contributed by atoms with E-state index in [0.29, 0.717) is 0 Å². The van der Waals surface area contributed by atoms with E-state index in [1.165, 1.54) is 6.07 Å². The molecule has 0 aromatic carbocycles. The van der Waals surface area contributed by atoms with Gasteiger partial charge in [-0.25, -0.2) is 22.9 Å². The molecular weight excluding hydrogens is 294 g/mol. The first-order valence-corrected chi connectivity index (χ1v) is 7.47. The summed E-state index contributed by atoms with van der Waals surface area (Å²) < 4.78 is 26.5. The first-order chi connectivity index (χ1) is 9.90. The normalized spacial score (nSPS) is 11.3. The number of pyridine rings is 2. The second-order valence-corrected chi connectivity index (χ2v) is 6.03. The van der Waals surface area contributed by atoms with Gasteiger partial charge < -0.3 is 5.11 Å². The maximum Gasteiger partial charge on any atom is 0.337 e. The number of sulfonamides is 1. The van der Waals surface area contributed by atoms with Crippen molar-refractivity contribution in [2.24, 2.45) is 0 Å². The average molecular weight is 307 g/mol. The van der Waals surface area contributed by atoms with Crippen LogP contribution in [0.3, 0.4) is 0 Å². The van der Waals surface area contributed by atoms with E-state index >= 15 is 0 Å². The molecule has 2 aromatic heterocycles. The summed E-state index contributed by atoms with van der Waals surface area (Å²) in [5.74, 6) is -1.16. The van der Waals surface area contributed by atoms with Gasteiger partial charge in [0, 0.05) is 25.1 Å². The van der Waals surface area contributed by atoms with Gasteiger partial charge in [-0.15, -0.1) is 0 Å². The highest BCUT2D eigenvalue weighted by molar-refractivity contribution is 7.89. The Morgan fingerprint density at radius 1 is 1.29 bits per heavy atom. The molecule has 7 nitrogen and oxygen atoms in total. The summed E-state index contributed by atoms with van der Waals surface area (Å²) in [4.78, 5) is 18.3. The van der Waals surface area contributed by atoms with Crippen molar-refractivity contribution in [1.29, 1.82) is 0 Å². The fourth-order valence-electron chi connectivity index (χ4n) is 1.59. The fourth-order valence-corrected chi connectivity index (χ4v) is 2.53. The Kier molecular flexibility index (Phi) is 4.29. The van der Waals surface area contributed by atoms with Crippen molar-refractivity contribution < 1.29 is 18.3 Å². The minimum Gasteiger partial charge on any atom is -0.478 e. The highest BCUT2D eigenvalue weighted by Gasteiger charge is 2.16. The Hall–Kier alpha value is -2.32. The quantitative estimate of drug-likeness (QED) is 0.851. The molecule has 2 rings (SSSR count). The number of nitrogens with one attached hydrogen (secondary N) is 1. The monoisotopic (exact) mass is 307 g/mol. The molecule has 2 N–H and O–H groups in total. The highest BCUT2D eigenvalue weighted by Crippen LogP contribution is 2.09. The third-order valence-electron chi connectivity index (χ3n) is 2.86. The first kappa shape index (κ1) is 15.1. The van der Waals surface area contributed by atoms with Gasteiger partial charge in [0.15, 0.2) is 5.03 Å². The second kappa shape index (κ2) is 5.98. The van der Waals surface area contributed by atoms with Crippen molar-refractivity contribution in [2.45, 2.75) is 18.5 Å². The Morgan fingerprint density at radius 2 is 2.05 bits per heavy atom. The zero-order valence-corrected chi connectivity index (χ0v) is 12.0. The number of aromatic nitrogens is 2. The van der Waals surface area contributed by atoms with Crippen molar-refractivity contribution in [3.8, 4) is 0 Å². The van der Waals surface area contributed by atoms with Gasteiger partial charge in [-0.05, 0) is 36.2 Å². The van der Waals surface area contributed by atoms with Gasteiger partial charge in [0.25, 0.3) is 10.0 Å². The summed E-state index contributed by atoms with van der Waals surface area (Å²) in [6.45, 7) is 1.94. The van der Waals surface area contributed by atoms with Crippen molar-refractivity contribution in [1.82, 2.24) is 14.7 Å². The maximum atomic E-state index is 12.1. The molecule has 110 valence electrons. The van der Waals surface area contributed by atoms with E-state index in [1.807, 2.05) is 6.92 Å². The summed E-state index contributed by atoms with van der Waals surface area (Å²) in [5, 5.41) is 8.52. The number of nitrogens with zero attached hydrogens (tertiary/aromatic N) is 2. The number of hydrogen-bond donors (Lipinski definition) is 2. The van der Waals surface area contributed by atoms with Crippen LogP contribution in [0.25, 0.3) is 0 Å². The Labute approximate surface area is 121 Å². The molecule has 0 unspecified atom stereocenters. The molecule has 2 aromatic rings. The van der Waals surface area contributed by atoms with Crippen molar-refractivity contribution >= 4 is 16.0 Å². The molecule has 21 heavy (non-hydrogen) atoms. The van der Waals surface area contributed by atoms with Crippen molar-refractivity contribution in [2.75, 3.05) is 0 Å². The lowest BCUT2D eigenvalue weighted by atomic mass is 10.2. The zero-order chi connectivity index (χ0) is 15.5. The van der Waals surface area contributed by atoms with Gasteiger partial charge in [0.2, 0.25) is 0 Å². The molecule has 0 aliphatic rings. The largest absolute Gasteiger partial charge is 0.478 e. The topological polar surface area (TPSA) is 109 Å². The summed E-state index contributed by atoms with van der Waals surface area (Å²) in [5.41, 5.74) is 1.60. The van der Waals surface area contributed by atoms with Crippen LogP contribution in [0, 0.1) is 6.92 Å². The van der Waals surface area contributed by atoms with Gasteiger partial charge in [-0.3, -0.25) is 4.98 Å². The van der Waals surface area contributed by atoms with Crippen LogP contribution in [0.5, 0.6) is 0 Å². The van der Waals surface area contributed by atoms with Crippen LogP contribution in [0.4, 0.5) is 0 Å². The fraction of sp³-hybridized carbons (Fsp3) is 0.154. The maximum absolute atomic E-state index is 12.1. The number of carboxylic acids is 1. The second-order valence-electron chi connectivity index (χ2n) is 4.32. The molecule has 0 spiro atoms. The van der Waals surface area contributed by atoms with Crippen LogP contribution < -0.4 is 4.72 Å². The molecule has 0 radical (unpaired) electrons. The van der Waals surface area contributed by atoms with Gasteiger partial charge in [0.1, 0.15) is 0 Å². The average Bonchev–Trinajstić information content (AvgIpc) is 2.46. The number of carboxylic acid groups (broad SMARTS) is 1. The predicted molar refractivity (Wildman–Crippen MR) is 74.2 cm³/mol. The van der Waals surface area contributed by atoms with Crippen molar-refractivity contribution in [3.05, 3.63) is 53.5 Å². The SMILES string of the molecule is Cc1ccncc1CNS(=O)(=O)c1ccc(C(=O)O)cn1. The Morgan fingerprint density at radius 3 is 2.62 bits per heavy atom. The van der Waals surface area contributed by atoms with E-state index in [2.05, 4.69) is 14.7 Å².